The van der Waals surface area contributed by atoms with Crippen LogP contribution in [-0.4, -0.2) is 34.7 Å². The number of hydrogen-bond donors (Lipinski definition) is 2. The van der Waals surface area contributed by atoms with Gasteiger partial charge in [-0.25, -0.2) is 0 Å². The molecule has 0 saturated heterocycles. The molecule has 3 N–H and O–H groups in total. The first-order chi connectivity index (χ1) is 6.56. The molecule has 0 spiro atoms. The van der Waals surface area contributed by atoms with Gasteiger partial charge in [0.15, 0.2) is 0 Å². The Kier molecular flexibility index (Phi) is 7.70. The lowest BCUT2D eigenvalue weighted by Crippen LogP contribution is -2.33. The van der Waals surface area contributed by atoms with Gasteiger partial charge in [-0.2, -0.15) is 0 Å². The lowest BCUT2D eigenvalue weighted by molar-refractivity contribution is -0.118. The van der Waals surface area contributed by atoms with Gasteiger partial charge in [0.05, 0.1) is 0 Å². The molecule has 5 heteroatoms. The Bertz CT molecular complexity index is 195. The van der Waals surface area contributed by atoms with E-state index in [2.05, 4.69) is 19.2 Å². The van der Waals surface area contributed by atoms with Gasteiger partial charge in [-0.3, -0.25) is 9.00 Å². The van der Waals surface area contributed by atoms with Gasteiger partial charge < -0.3 is 11.1 Å². The van der Waals surface area contributed by atoms with Gasteiger partial charge >= 0.3 is 0 Å². The molecule has 0 aromatic carbocycles. The van der Waals surface area contributed by atoms with E-state index in [1.807, 2.05) is 0 Å². The fourth-order valence-electron chi connectivity index (χ4n) is 0.848. The zero-order valence-corrected chi connectivity index (χ0v) is 9.73. The van der Waals surface area contributed by atoms with Crippen molar-refractivity contribution in [2.75, 3.05) is 24.6 Å². The second-order valence-corrected chi connectivity index (χ2v) is 5.19. The Morgan fingerprint density at radius 3 is 2.64 bits per heavy atom. The summed E-state index contributed by atoms with van der Waals surface area (Å²) in [6, 6.07) is 0. The Morgan fingerprint density at radius 1 is 1.50 bits per heavy atom. The summed E-state index contributed by atoms with van der Waals surface area (Å²) in [6.07, 6.45) is 0.900. The second kappa shape index (κ2) is 7.94. The topological polar surface area (TPSA) is 72.2 Å². The van der Waals surface area contributed by atoms with E-state index in [1.54, 1.807) is 0 Å². The van der Waals surface area contributed by atoms with Crippen LogP contribution in [0.5, 0.6) is 0 Å². The van der Waals surface area contributed by atoms with Crippen molar-refractivity contribution < 1.29 is 9.00 Å². The van der Waals surface area contributed by atoms with Gasteiger partial charge in [0.25, 0.3) is 0 Å². The molecule has 0 fully saturated rings. The van der Waals surface area contributed by atoms with E-state index in [4.69, 9.17) is 5.73 Å². The largest absolute Gasteiger partial charge is 0.354 e. The summed E-state index contributed by atoms with van der Waals surface area (Å²) in [4.78, 5) is 11.1. The van der Waals surface area contributed by atoms with Crippen LogP contribution in [0.4, 0.5) is 0 Å². The average molecular weight is 220 g/mol. The molecule has 0 rings (SSSR count). The highest BCUT2D eigenvalue weighted by atomic mass is 32.2. The molecule has 4 nitrogen and oxygen atoms in total. The average Bonchev–Trinajstić information content (AvgIpc) is 2.11. The van der Waals surface area contributed by atoms with E-state index < -0.39 is 10.8 Å². The molecule has 0 bridgehead atoms. The molecule has 0 aliphatic rings. The molecule has 84 valence electrons. The normalized spacial score (nSPS) is 12.9. The monoisotopic (exact) mass is 220 g/mol. The highest BCUT2D eigenvalue weighted by Crippen LogP contribution is 2.00. The molecule has 1 amide bonds. The summed E-state index contributed by atoms with van der Waals surface area (Å²) < 4.78 is 11.3. The molecule has 1 atom stereocenters. The molecule has 0 radical (unpaired) electrons. The molecule has 0 aromatic heterocycles. The van der Waals surface area contributed by atoms with Gasteiger partial charge in [0.2, 0.25) is 5.91 Å². The third-order valence-corrected chi connectivity index (χ3v) is 2.96. The van der Waals surface area contributed by atoms with Crippen LogP contribution in [-0.2, 0) is 15.6 Å². The summed E-state index contributed by atoms with van der Waals surface area (Å²) in [5.41, 5.74) is 5.22. The molecular formula is C9H20N2O2S. The predicted octanol–water partition coefficient (Wildman–Crippen LogP) is -0.144. The third kappa shape index (κ3) is 8.19. The molecule has 0 aliphatic heterocycles. The van der Waals surface area contributed by atoms with Crippen molar-refractivity contribution >= 4 is 16.7 Å². The van der Waals surface area contributed by atoms with Crippen LogP contribution in [0.2, 0.25) is 0 Å². The maximum atomic E-state index is 11.3. The number of nitrogens with one attached hydrogen (secondary N) is 1. The van der Waals surface area contributed by atoms with Crippen molar-refractivity contribution in [1.29, 1.82) is 0 Å². The minimum Gasteiger partial charge on any atom is -0.354 e. The maximum absolute atomic E-state index is 11.3. The van der Waals surface area contributed by atoms with Crippen LogP contribution < -0.4 is 11.1 Å². The fraction of sp³-hybridized carbons (Fsp3) is 0.889. The first-order valence-electron chi connectivity index (χ1n) is 4.88. The summed E-state index contributed by atoms with van der Waals surface area (Å²) in [7, 11) is -1.03. The van der Waals surface area contributed by atoms with Crippen LogP contribution >= 0.6 is 0 Å². The maximum Gasteiger partial charge on any atom is 0.232 e. The number of hydrogen-bond acceptors (Lipinski definition) is 3. The van der Waals surface area contributed by atoms with Crippen LogP contribution in [0, 0.1) is 5.92 Å². The van der Waals surface area contributed by atoms with E-state index in [0.29, 0.717) is 24.8 Å². The SMILES string of the molecule is CC(C)CCS(=O)CC(=O)NCCN. The van der Waals surface area contributed by atoms with E-state index in [1.165, 1.54) is 0 Å². The number of carbonyl (C=O) groups excluding carboxylic acids is 1. The predicted molar refractivity (Wildman–Crippen MR) is 59.4 cm³/mol. The standard InChI is InChI=1S/C9H20N2O2S/c1-8(2)3-6-14(13)7-9(12)11-5-4-10/h8H,3-7,10H2,1-2H3,(H,11,12). The summed E-state index contributed by atoms with van der Waals surface area (Å²) >= 11 is 0. The molecule has 1 unspecified atom stereocenters. The first-order valence-corrected chi connectivity index (χ1v) is 6.36. The van der Waals surface area contributed by atoms with E-state index in [-0.39, 0.29) is 11.7 Å². The van der Waals surface area contributed by atoms with E-state index in [0.717, 1.165) is 6.42 Å². The van der Waals surface area contributed by atoms with Gasteiger partial charge in [-0.15, -0.1) is 0 Å². The smallest absolute Gasteiger partial charge is 0.232 e. The molecule has 0 aliphatic carbocycles. The summed E-state index contributed by atoms with van der Waals surface area (Å²) in [5, 5.41) is 2.59. The Morgan fingerprint density at radius 2 is 2.14 bits per heavy atom. The van der Waals surface area contributed by atoms with Crippen molar-refractivity contribution in [3.8, 4) is 0 Å². The van der Waals surface area contributed by atoms with E-state index in [9.17, 15) is 9.00 Å². The van der Waals surface area contributed by atoms with Gasteiger partial charge in [0, 0.05) is 29.6 Å². The second-order valence-electron chi connectivity index (χ2n) is 3.61. The highest BCUT2D eigenvalue weighted by molar-refractivity contribution is 7.85. The number of nitrogens with two attached hydrogens (primary N) is 1. The fourth-order valence-corrected chi connectivity index (χ4v) is 2.12. The van der Waals surface area contributed by atoms with Crippen molar-refractivity contribution in [3.63, 3.8) is 0 Å². The van der Waals surface area contributed by atoms with Crippen molar-refractivity contribution in [2.45, 2.75) is 20.3 Å². The molecule has 0 aromatic rings. The van der Waals surface area contributed by atoms with Gasteiger partial charge in [-0.05, 0) is 12.3 Å². The minimum absolute atomic E-state index is 0.104. The van der Waals surface area contributed by atoms with E-state index >= 15 is 0 Å². The molecule has 14 heavy (non-hydrogen) atoms. The number of rotatable bonds is 7. The van der Waals surface area contributed by atoms with Crippen LogP contribution in [0.25, 0.3) is 0 Å². The van der Waals surface area contributed by atoms with Gasteiger partial charge in [-0.1, -0.05) is 13.8 Å². The van der Waals surface area contributed by atoms with Crippen molar-refractivity contribution in [1.82, 2.24) is 5.32 Å². The number of carbonyl (C=O) groups is 1. The van der Waals surface area contributed by atoms with Crippen molar-refractivity contribution in [3.05, 3.63) is 0 Å². The Balaban J connectivity index is 3.55. The van der Waals surface area contributed by atoms with Crippen molar-refractivity contribution in [2.24, 2.45) is 11.7 Å². The zero-order valence-electron chi connectivity index (χ0n) is 8.91. The molecule has 0 heterocycles. The molecule has 0 saturated carbocycles. The molecular weight excluding hydrogens is 200 g/mol. The lowest BCUT2D eigenvalue weighted by Gasteiger charge is -2.05. The van der Waals surface area contributed by atoms with Crippen LogP contribution in [0.3, 0.4) is 0 Å². The van der Waals surface area contributed by atoms with Crippen LogP contribution in [0.1, 0.15) is 20.3 Å². The Hall–Kier alpha value is -0.420. The van der Waals surface area contributed by atoms with Crippen LogP contribution in [0.15, 0.2) is 0 Å². The quantitative estimate of drug-likeness (QED) is 0.627. The summed E-state index contributed by atoms with van der Waals surface area (Å²) in [5.74, 6) is 1.07. The minimum atomic E-state index is -1.03. The first kappa shape index (κ1) is 13.6. The summed E-state index contributed by atoms with van der Waals surface area (Å²) in [6.45, 7) is 5.03. The third-order valence-electron chi connectivity index (χ3n) is 1.68. The lowest BCUT2D eigenvalue weighted by atomic mass is 10.2. The highest BCUT2D eigenvalue weighted by Gasteiger charge is 2.07. The van der Waals surface area contributed by atoms with Gasteiger partial charge in [0.1, 0.15) is 5.75 Å². The Labute approximate surface area is 88.1 Å². The zero-order chi connectivity index (χ0) is 11.0. The number of amides is 1.